The molecule has 3 rings (SSSR count). The van der Waals surface area contributed by atoms with E-state index in [9.17, 15) is 19.1 Å². The summed E-state index contributed by atoms with van der Waals surface area (Å²) in [6.45, 7) is 5.91. The van der Waals surface area contributed by atoms with Crippen molar-refractivity contribution >= 4 is 23.0 Å². The lowest BCUT2D eigenvalue weighted by atomic mass is 10.0. The van der Waals surface area contributed by atoms with Crippen LogP contribution in [0.1, 0.15) is 32.0 Å². The number of carbonyl (C=O) groups excluding carboxylic acids is 1. The van der Waals surface area contributed by atoms with Crippen LogP contribution in [0.4, 0.5) is 9.18 Å². The number of aromatic nitrogens is 1. The maximum atomic E-state index is 13.7. The molecule has 6 nitrogen and oxygen atoms in total. The molecule has 0 aliphatic carbocycles. The van der Waals surface area contributed by atoms with Crippen molar-refractivity contribution in [1.29, 1.82) is 0 Å². The van der Waals surface area contributed by atoms with E-state index in [-0.39, 0.29) is 13.1 Å². The predicted molar refractivity (Wildman–Crippen MR) is 89.9 cm³/mol. The Morgan fingerprint density at radius 3 is 2.68 bits per heavy atom. The highest BCUT2D eigenvalue weighted by molar-refractivity contribution is 5.87. The highest BCUT2D eigenvalue weighted by Crippen LogP contribution is 2.32. The van der Waals surface area contributed by atoms with Gasteiger partial charge >= 0.3 is 12.1 Å². The summed E-state index contributed by atoms with van der Waals surface area (Å²) in [7, 11) is 0. The Kier molecular flexibility index (Phi) is 4.18. The fourth-order valence-corrected chi connectivity index (χ4v) is 3.22. The molecule has 0 atom stereocenters. The molecule has 1 aliphatic heterocycles. The van der Waals surface area contributed by atoms with Gasteiger partial charge in [0.05, 0.1) is 6.54 Å². The normalized spacial score (nSPS) is 14.5. The zero-order valence-electron chi connectivity index (χ0n) is 14.5. The quantitative estimate of drug-likeness (QED) is 0.905. The number of aliphatic carboxylic acids is 1. The number of benzene rings is 1. The minimum absolute atomic E-state index is 0.191. The van der Waals surface area contributed by atoms with Crippen LogP contribution in [0.5, 0.6) is 0 Å². The largest absolute Gasteiger partial charge is 0.480 e. The molecular weight excluding hydrogens is 327 g/mol. The topological polar surface area (TPSA) is 71.8 Å². The molecule has 134 valence electrons. The summed E-state index contributed by atoms with van der Waals surface area (Å²) >= 11 is 0. The summed E-state index contributed by atoms with van der Waals surface area (Å²) in [5.41, 5.74) is 1.69. The first-order valence-corrected chi connectivity index (χ1v) is 8.15. The van der Waals surface area contributed by atoms with Gasteiger partial charge in [-0.05, 0) is 39.0 Å². The SMILES string of the molecule is CC(C)(C)OC(=O)N1CCc2c(c3cc(F)ccc3n2CC(=O)O)C1. The van der Waals surface area contributed by atoms with Crippen molar-refractivity contribution in [3.63, 3.8) is 0 Å². The fraction of sp³-hybridized carbons (Fsp3) is 0.444. The highest BCUT2D eigenvalue weighted by Gasteiger charge is 2.30. The molecule has 1 aromatic heterocycles. The maximum Gasteiger partial charge on any atom is 0.410 e. The van der Waals surface area contributed by atoms with Crippen molar-refractivity contribution in [3.05, 3.63) is 35.3 Å². The molecule has 25 heavy (non-hydrogen) atoms. The van der Waals surface area contributed by atoms with E-state index in [1.807, 2.05) is 0 Å². The van der Waals surface area contributed by atoms with Crippen molar-refractivity contribution < 1.29 is 23.8 Å². The van der Waals surface area contributed by atoms with Crippen LogP contribution in [0, 0.1) is 5.82 Å². The summed E-state index contributed by atoms with van der Waals surface area (Å²) in [6.07, 6.45) is 0.0757. The summed E-state index contributed by atoms with van der Waals surface area (Å²) in [5, 5.41) is 9.83. The second-order valence-electron chi connectivity index (χ2n) is 7.22. The zero-order valence-corrected chi connectivity index (χ0v) is 14.5. The van der Waals surface area contributed by atoms with E-state index in [0.717, 1.165) is 11.3 Å². The summed E-state index contributed by atoms with van der Waals surface area (Å²) < 4.78 is 20.8. The van der Waals surface area contributed by atoms with Crippen LogP contribution in [-0.4, -0.2) is 38.8 Å². The number of nitrogens with zero attached hydrogens (tertiary/aromatic N) is 2. The van der Waals surface area contributed by atoms with Crippen molar-refractivity contribution in [2.75, 3.05) is 6.54 Å². The Balaban J connectivity index is 2.01. The minimum atomic E-state index is -0.960. The first kappa shape index (κ1) is 17.3. The number of carbonyl (C=O) groups is 2. The Hall–Kier alpha value is -2.57. The van der Waals surface area contributed by atoms with E-state index in [1.165, 1.54) is 12.1 Å². The van der Waals surface area contributed by atoms with E-state index >= 15 is 0 Å². The van der Waals surface area contributed by atoms with E-state index in [4.69, 9.17) is 4.74 Å². The van der Waals surface area contributed by atoms with Gasteiger partial charge in [-0.2, -0.15) is 0 Å². The van der Waals surface area contributed by atoms with Gasteiger partial charge in [-0.3, -0.25) is 4.79 Å². The molecule has 0 unspecified atom stereocenters. The van der Waals surface area contributed by atoms with Gasteiger partial charge in [0.15, 0.2) is 0 Å². The van der Waals surface area contributed by atoms with E-state index in [0.29, 0.717) is 23.9 Å². The molecule has 0 radical (unpaired) electrons. The van der Waals surface area contributed by atoms with Gasteiger partial charge in [-0.15, -0.1) is 0 Å². The number of ether oxygens (including phenoxy) is 1. The van der Waals surface area contributed by atoms with Crippen molar-refractivity contribution in [3.8, 4) is 0 Å². The monoisotopic (exact) mass is 348 g/mol. The summed E-state index contributed by atoms with van der Waals surface area (Å²) in [5.74, 6) is -1.35. The highest BCUT2D eigenvalue weighted by atomic mass is 19.1. The third-order valence-corrected chi connectivity index (χ3v) is 4.16. The Morgan fingerprint density at radius 1 is 1.32 bits per heavy atom. The Labute approximate surface area is 144 Å². The lowest BCUT2D eigenvalue weighted by molar-refractivity contribution is -0.137. The van der Waals surface area contributed by atoms with E-state index in [1.54, 1.807) is 36.3 Å². The molecule has 0 saturated carbocycles. The molecule has 0 saturated heterocycles. The third kappa shape index (κ3) is 3.45. The number of rotatable bonds is 2. The number of carboxylic acid groups (broad SMARTS) is 1. The van der Waals surface area contributed by atoms with Crippen LogP contribution >= 0.6 is 0 Å². The summed E-state index contributed by atoms with van der Waals surface area (Å²) in [4.78, 5) is 25.1. The van der Waals surface area contributed by atoms with Gasteiger partial charge in [-0.1, -0.05) is 0 Å². The molecule has 0 bridgehead atoms. The first-order valence-electron chi connectivity index (χ1n) is 8.15. The first-order chi connectivity index (χ1) is 11.7. The molecule has 0 fully saturated rings. The van der Waals surface area contributed by atoms with Crippen LogP contribution in [-0.2, 0) is 29.0 Å². The van der Waals surface area contributed by atoms with Crippen molar-refractivity contribution in [1.82, 2.24) is 9.47 Å². The van der Waals surface area contributed by atoms with Crippen LogP contribution < -0.4 is 0 Å². The standard InChI is InChI=1S/C18H21FN2O4/c1-18(2,3)25-17(24)20-7-6-15-13(9-20)12-8-11(19)4-5-14(12)21(15)10-16(22)23/h4-5,8H,6-7,9-10H2,1-3H3,(H,22,23). The van der Waals surface area contributed by atoms with E-state index in [2.05, 4.69) is 0 Å². The van der Waals surface area contributed by atoms with Crippen molar-refractivity contribution in [2.45, 2.75) is 45.9 Å². The number of fused-ring (bicyclic) bond motifs is 3. The smallest absolute Gasteiger partial charge is 0.410 e. The lowest BCUT2D eigenvalue weighted by Crippen LogP contribution is -2.40. The summed E-state index contributed by atoms with van der Waals surface area (Å²) in [6, 6.07) is 4.30. The van der Waals surface area contributed by atoms with Crippen LogP contribution in [0.2, 0.25) is 0 Å². The fourth-order valence-electron chi connectivity index (χ4n) is 3.22. The molecule has 0 spiro atoms. The average Bonchev–Trinajstić information content (AvgIpc) is 2.78. The molecule has 2 aromatic rings. The molecule has 2 heterocycles. The lowest BCUT2D eigenvalue weighted by Gasteiger charge is -2.30. The Morgan fingerprint density at radius 2 is 2.04 bits per heavy atom. The molecule has 1 aliphatic rings. The molecule has 1 N–H and O–H groups in total. The molecule has 7 heteroatoms. The molecule has 1 amide bonds. The van der Waals surface area contributed by atoms with Gasteiger partial charge in [0.2, 0.25) is 0 Å². The maximum absolute atomic E-state index is 13.7. The molecular formula is C18H21FN2O4. The van der Waals surface area contributed by atoms with Gasteiger partial charge < -0.3 is 19.3 Å². The predicted octanol–water partition coefficient (Wildman–Crippen LogP) is 3.16. The number of carboxylic acids is 1. The average molecular weight is 348 g/mol. The second-order valence-corrected chi connectivity index (χ2v) is 7.22. The van der Waals surface area contributed by atoms with Gasteiger partial charge in [0.25, 0.3) is 0 Å². The van der Waals surface area contributed by atoms with Gasteiger partial charge in [0, 0.05) is 35.1 Å². The minimum Gasteiger partial charge on any atom is -0.480 e. The Bertz CT molecular complexity index is 851. The van der Waals surface area contributed by atoms with Gasteiger partial charge in [0.1, 0.15) is 18.0 Å². The third-order valence-electron chi connectivity index (χ3n) is 4.16. The number of halogens is 1. The second kappa shape index (κ2) is 6.06. The van der Waals surface area contributed by atoms with Crippen LogP contribution in [0.3, 0.4) is 0 Å². The zero-order chi connectivity index (χ0) is 18.4. The number of amides is 1. The van der Waals surface area contributed by atoms with Crippen molar-refractivity contribution in [2.24, 2.45) is 0 Å². The number of hydrogen-bond acceptors (Lipinski definition) is 3. The van der Waals surface area contributed by atoms with Crippen LogP contribution in [0.15, 0.2) is 18.2 Å². The van der Waals surface area contributed by atoms with E-state index < -0.39 is 23.5 Å². The van der Waals surface area contributed by atoms with Gasteiger partial charge in [-0.25, -0.2) is 9.18 Å². The molecule has 1 aromatic carbocycles. The number of hydrogen-bond donors (Lipinski definition) is 1. The van der Waals surface area contributed by atoms with Crippen LogP contribution in [0.25, 0.3) is 10.9 Å².